The highest BCUT2D eigenvalue weighted by molar-refractivity contribution is 7.71. The first-order chi connectivity index (χ1) is 8.11. The molecule has 0 spiro atoms. The van der Waals surface area contributed by atoms with Gasteiger partial charge in [-0.25, -0.2) is 4.98 Å². The van der Waals surface area contributed by atoms with Crippen LogP contribution in [-0.2, 0) is 0 Å². The summed E-state index contributed by atoms with van der Waals surface area (Å²) in [4.78, 5) is 6.70. The Labute approximate surface area is 108 Å². The zero-order valence-corrected chi connectivity index (χ0v) is 10.1. The number of rotatable bonds is 1. The Morgan fingerprint density at radius 3 is 2.59 bits per heavy atom. The molecule has 4 nitrogen and oxygen atoms in total. The number of hydrogen-bond acceptors (Lipinski definition) is 4. The van der Waals surface area contributed by atoms with E-state index in [1.165, 1.54) is 0 Å². The van der Waals surface area contributed by atoms with E-state index in [0.717, 1.165) is 5.56 Å². The van der Waals surface area contributed by atoms with E-state index in [1.807, 2.05) is 6.07 Å². The Morgan fingerprint density at radius 1 is 1.35 bits per heavy atom. The number of benzene rings is 1. The lowest BCUT2D eigenvalue weighted by molar-refractivity contribution is 1.13. The first-order valence-corrected chi connectivity index (χ1v) is 5.46. The minimum absolute atomic E-state index is 0.126. The van der Waals surface area contributed by atoms with Gasteiger partial charge in [0.1, 0.15) is 17.5 Å². The third-order valence-corrected chi connectivity index (χ3v) is 2.65. The summed E-state index contributed by atoms with van der Waals surface area (Å²) in [6, 6.07) is 9.02. The van der Waals surface area contributed by atoms with Gasteiger partial charge in [-0.3, -0.25) is 0 Å². The van der Waals surface area contributed by atoms with Crippen LogP contribution in [0.25, 0.3) is 11.3 Å². The molecule has 1 aromatic carbocycles. The second kappa shape index (κ2) is 4.53. The summed E-state index contributed by atoms with van der Waals surface area (Å²) in [5, 5.41) is 9.67. The number of H-pyrrole nitrogens is 1. The Balaban J connectivity index is 2.71. The summed E-state index contributed by atoms with van der Waals surface area (Å²) in [5.74, 6) is 0.126. The van der Waals surface area contributed by atoms with Crippen LogP contribution in [0.4, 0.5) is 5.82 Å². The number of nitriles is 1. The molecule has 0 radical (unpaired) electrons. The molecule has 6 heteroatoms. The van der Waals surface area contributed by atoms with Crippen LogP contribution >= 0.6 is 23.8 Å². The first-order valence-electron chi connectivity index (χ1n) is 4.67. The van der Waals surface area contributed by atoms with Crippen molar-refractivity contribution in [3.63, 3.8) is 0 Å². The normalized spacial score (nSPS) is 9.88. The van der Waals surface area contributed by atoms with Gasteiger partial charge >= 0.3 is 0 Å². The second-order valence-electron chi connectivity index (χ2n) is 3.30. The van der Waals surface area contributed by atoms with Crippen molar-refractivity contribution < 1.29 is 0 Å². The van der Waals surface area contributed by atoms with Crippen molar-refractivity contribution in [2.24, 2.45) is 0 Å². The van der Waals surface area contributed by atoms with Gasteiger partial charge in [-0.15, -0.1) is 0 Å². The quantitative estimate of drug-likeness (QED) is 0.775. The number of anilines is 1. The van der Waals surface area contributed by atoms with Crippen LogP contribution < -0.4 is 5.73 Å². The predicted octanol–water partition coefficient (Wildman–Crippen LogP) is 2.91. The number of nitrogens with two attached hydrogens (primary N) is 1. The molecule has 0 saturated carbocycles. The van der Waals surface area contributed by atoms with E-state index in [-0.39, 0.29) is 16.2 Å². The van der Waals surface area contributed by atoms with Gasteiger partial charge in [0.05, 0.1) is 5.69 Å². The SMILES string of the molecule is N#Cc1c(N)nc(=S)[nH]c1-c1ccc(Cl)cc1. The Bertz CT molecular complexity index is 655. The van der Waals surface area contributed by atoms with Crippen molar-refractivity contribution in [2.75, 3.05) is 5.73 Å². The molecule has 2 aromatic rings. The molecule has 0 unspecified atom stereocenters. The van der Waals surface area contributed by atoms with Crippen LogP contribution in [0.3, 0.4) is 0 Å². The van der Waals surface area contributed by atoms with Gasteiger partial charge in [0, 0.05) is 5.02 Å². The molecule has 0 bridgehead atoms. The van der Waals surface area contributed by atoms with Crippen molar-refractivity contribution in [3.8, 4) is 17.3 Å². The number of halogens is 1. The van der Waals surface area contributed by atoms with E-state index >= 15 is 0 Å². The molecule has 0 aliphatic heterocycles. The monoisotopic (exact) mass is 262 g/mol. The smallest absolute Gasteiger partial charge is 0.199 e. The molecule has 0 atom stereocenters. The minimum atomic E-state index is 0.126. The van der Waals surface area contributed by atoms with E-state index in [2.05, 4.69) is 9.97 Å². The summed E-state index contributed by atoms with van der Waals surface area (Å²) >= 11 is 10.7. The highest BCUT2D eigenvalue weighted by Gasteiger charge is 2.10. The molecule has 1 heterocycles. The molecule has 0 saturated heterocycles. The zero-order chi connectivity index (χ0) is 12.4. The van der Waals surface area contributed by atoms with Crippen molar-refractivity contribution in [2.45, 2.75) is 0 Å². The summed E-state index contributed by atoms with van der Waals surface area (Å²) < 4.78 is 0.242. The largest absolute Gasteiger partial charge is 0.382 e. The molecule has 17 heavy (non-hydrogen) atoms. The fourth-order valence-electron chi connectivity index (χ4n) is 1.44. The molecule has 1 aromatic heterocycles. The van der Waals surface area contributed by atoms with Crippen molar-refractivity contribution in [3.05, 3.63) is 39.6 Å². The summed E-state index contributed by atoms with van der Waals surface area (Å²) in [6.07, 6.45) is 0. The average molecular weight is 263 g/mol. The maximum atomic E-state index is 9.06. The maximum Gasteiger partial charge on any atom is 0.199 e. The minimum Gasteiger partial charge on any atom is -0.382 e. The molecule has 84 valence electrons. The number of nitrogens with one attached hydrogen (secondary N) is 1. The molecule has 2 rings (SSSR count). The predicted molar refractivity (Wildman–Crippen MR) is 69.0 cm³/mol. The molecule has 0 aliphatic rings. The van der Waals surface area contributed by atoms with Gasteiger partial charge in [-0.2, -0.15) is 5.26 Å². The lowest BCUT2D eigenvalue weighted by atomic mass is 10.1. The van der Waals surface area contributed by atoms with E-state index in [4.69, 9.17) is 34.8 Å². The third-order valence-electron chi connectivity index (χ3n) is 2.20. The number of nitrogens with zero attached hydrogens (tertiary/aromatic N) is 2. The summed E-state index contributed by atoms with van der Waals surface area (Å²) in [7, 11) is 0. The van der Waals surface area contributed by atoms with Crippen LogP contribution in [0, 0.1) is 16.1 Å². The number of hydrogen-bond donors (Lipinski definition) is 2. The Morgan fingerprint density at radius 2 is 2.00 bits per heavy atom. The van der Waals surface area contributed by atoms with Gasteiger partial charge < -0.3 is 10.7 Å². The van der Waals surface area contributed by atoms with E-state index < -0.39 is 0 Å². The molecule has 0 aliphatic carbocycles. The topological polar surface area (TPSA) is 78.5 Å². The van der Waals surface area contributed by atoms with Gasteiger partial charge in [0.2, 0.25) is 0 Å². The van der Waals surface area contributed by atoms with E-state index in [9.17, 15) is 0 Å². The van der Waals surface area contributed by atoms with Crippen LogP contribution in [0.2, 0.25) is 5.02 Å². The molecular weight excluding hydrogens is 256 g/mol. The van der Waals surface area contributed by atoms with E-state index in [0.29, 0.717) is 10.7 Å². The molecular formula is C11H7ClN4S. The zero-order valence-electron chi connectivity index (χ0n) is 8.57. The van der Waals surface area contributed by atoms with Crippen LogP contribution in [0.5, 0.6) is 0 Å². The number of aromatic amines is 1. The second-order valence-corrected chi connectivity index (χ2v) is 4.12. The Hall–Kier alpha value is -1.90. The third kappa shape index (κ3) is 2.28. The van der Waals surface area contributed by atoms with Crippen LogP contribution in [0.15, 0.2) is 24.3 Å². The fraction of sp³-hybridized carbons (Fsp3) is 0. The number of aromatic nitrogens is 2. The van der Waals surface area contributed by atoms with Gasteiger partial charge in [0.25, 0.3) is 0 Å². The van der Waals surface area contributed by atoms with E-state index in [1.54, 1.807) is 24.3 Å². The van der Waals surface area contributed by atoms with Crippen molar-refractivity contribution >= 4 is 29.6 Å². The lowest BCUT2D eigenvalue weighted by Gasteiger charge is -2.06. The molecule has 0 fully saturated rings. The fourth-order valence-corrected chi connectivity index (χ4v) is 1.76. The standard InChI is InChI=1S/C11H7ClN4S/c12-7-3-1-6(2-4-7)9-8(5-13)10(14)16-11(17)15-9/h1-4H,(H3,14,15,16,17). The van der Waals surface area contributed by atoms with Crippen molar-refractivity contribution in [1.82, 2.24) is 9.97 Å². The Kier molecular flexibility index (Phi) is 3.09. The summed E-state index contributed by atoms with van der Waals surface area (Å²) in [6.45, 7) is 0. The average Bonchev–Trinajstić information content (AvgIpc) is 2.29. The van der Waals surface area contributed by atoms with Crippen LogP contribution in [-0.4, -0.2) is 9.97 Å². The highest BCUT2D eigenvalue weighted by Crippen LogP contribution is 2.24. The van der Waals surface area contributed by atoms with Gasteiger partial charge in [-0.05, 0) is 29.9 Å². The van der Waals surface area contributed by atoms with Gasteiger partial charge in [0.15, 0.2) is 4.77 Å². The van der Waals surface area contributed by atoms with Gasteiger partial charge in [-0.1, -0.05) is 23.7 Å². The molecule has 0 amide bonds. The molecule has 3 N–H and O–H groups in total. The van der Waals surface area contributed by atoms with Crippen molar-refractivity contribution in [1.29, 1.82) is 5.26 Å². The lowest BCUT2D eigenvalue weighted by Crippen LogP contribution is -2.00. The number of nitrogen functional groups attached to an aromatic ring is 1. The van der Waals surface area contributed by atoms with Crippen LogP contribution in [0.1, 0.15) is 5.56 Å². The highest BCUT2D eigenvalue weighted by atomic mass is 35.5. The maximum absolute atomic E-state index is 9.06. The summed E-state index contributed by atoms with van der Waals surface area (Å²) in [5.41, 5.74) is 7.27. The first kappa shape index (κ1) is 11.6.